The van der Waals surface area contributed by atoms with Crippen molar-refractivity contribution < 1.29 is 33.9 Å². The number of benzene rings is 2. The van der Waals surface area contributed by atoms with Gasteiger partial charge in [0.15, 0.2) is 6.10 Å². The molecule has 0 aliphatic rings. The summed E-state index contributed by atoms with van der Waals surface area (Å²) in [6, 6.07) is 12.1. The van der Waals surface area contributed by atoms with E-state index >= 15 is 0 Å². The van der Waals surface area contributed by atoms with Crippen molar-refractivity contribution in [1.82, 2.24) is 5.32 Å². The summed E-state index contributed by atoms with van der Waals surface area (Å²) in [5.41, 5.74) is 0.655. The lowest BCUT2D eigenvalue weighted by Crippen LogP contribution is -2.47. The van der Waals surface area contributed by atoms with Crippen molar-refractivity contribution in [3.63, 3.8) is 0 Å². The Morgan fingerprint density at radius 3 is 2.19 bits per heavy atom. The Morgan fingerprint density at radius 2 is 1.69 bits per heavy atom. The van der Waals surface area contributed by atoms with E-state index in [9.17, 15) is 29.6 Å². The Labute approximate surface area is 184 Å². The molecule has 2 N–H and O–H groups in total. The number of methoxy groups -OCH3 is 1. The minimum atomic E-state index is -1.52. The standard InChI is InChI=1S/C22H24N2O8/c1-3-32-18(25)13-17(14-9-11-16(12-10-14)24(29)30)19(22(27)28)23-21(26)20(31-2)15-7-5-4-6-8-15/h4-12,17,19-20H,3,13H2,1-2H3,(H,23,26)(H,27,28)/t17-,19+,20+/m0/s1. The van der Waals surface area contributed by atoms with Crippen molar-refractivity contribution in [2.45, 2.75) is 31.4 Å². The number of hydrogen-bond donors (Lipinski definition) is 2. The first-order valence-corrected chi connectivity index (χ1v) is 9.79. The SMILES string of the molecule is CCOC(=O)C[C@@H](c1ccc([N+](=O)[O-])cc1)[C@@H](NC(=O)[C@H](OC)c1ccccc1)C(=O)O. The molecule has 10 nitrogen and oxygen atoms in total. The molecular weight excluding hydrogens is 420 g/mol. The number of carboxylic acids is 1. The molecule has 0 radical (unpaired) electrons. The van der Waals surface area contributed by atoms with Crippen LogP contribution in [-0.2, 0) is 23.9 Å². The maximum atomic E-state index is 12.9. The van der Waals surface area contributed by atoms with Gasteiger partial charge in [0.2, 0.25) is 0 Å². The average molecular weight is 444 g/mol. The normalized spacial score (nSPS) is 13.4. The molecule has 0 saturated carbocycles. The second kappa shape index (κ2) is 11.6. The third-order valence-corrected chi connectivity index (χ3v) is 4.77. The molecule has 170 valence electrons. The topological polar surface area (TPSA) is 145 Å². The fourth-order valence-electron chi connectivity index (χ4n) is 3.26. The molecule has 0 fully saturated rings. The molecule has 0 bridgehead atoms. The summed E-state index contributed by atoms with van der Waals surface area (Å²) < 4.78 is 10.2. The van der Waals surface area contributed by atoms with Gasteiger partial charge >= 0.3 is 11.9 Å². The molecule has 0 aliphatic heterocycles. The summed E-state index contributed by atoms with van der Waals surface area (Å²) in [5, 5.41) is 23.2. The Bertz CT molecular complexity index is 946. The molecular formula is C22H24N2O8. The highest BCUT2D eigenvalue weighted by atomic mass is 16.6. The van der Waals surface area contributed by atoms with E-state index in [1.54, 1.807) is 37.3 Å². The molecule has 32 heavy (non-hydrogen) atoms. The van der Waals surface area contributed by atoms with Gasteiger partial charge in [0.05, 0.1) is 18.0 Å². The number of carbonyl (C=O) groups excluding carboxylic acids is 2. The lowest BCUT2D eigenvalue weighted by molar-refractivity contribution is -0.384. The number of carboxylic acid groups (broad SMARTS) is 1. The van der Waals surface area contributed by atoms with Gasteiger partial charge < -0.3 is 19.9 Å². The maximum absolute atomic E-state index is 12.9. The van der Waals surface area contributed by atoms with Gasteiger partial charge in [-0.2, -0.15) is 0 Å². The molecule has 2 rings (SSSR count). The van der Waals surface area contributed by atoms with Crippen molar-refractivity contribution in [1.29, 1.82) is 0 Å². The first kappa shape index (κ1) is 24.5. The number of rotatable bonds is 11. The highest BCUT2D eigenvalue weighted by Gasteiger charge is 2.35. The van der Waals surface area contributed by atoms with E-state index in [1.165, 1.54) is 31.4 Å². The van der Waals surface area contributed by atoms with Crippen molar-refractivity contribution in [3.05, 3.63) is 75.8 Å². The molecule has 10 heteroatoms. The van der Waals surface area contributed by atoms with Crippen LogP contribution in [0.3, 0.4) is 0 Å². The summed E-state index contributed by atoms with van der Waals surface area (Å²) in [6.07, 6.45) is -1.43. The molecule has 3 atom stereocenters. The van der Waals surface area contributed by atoms with E-state index in [0.29, 0.717) is 11.1 Å². The number of non-ortho nitro benzene ring substituents is 1. The third-order valence-electron chi connectivity index (χ3n) is 4.77. The molecule has 0 spiro atoms. The molecule has 0 saturated heterocycles. The average Bonchev–Trinajstić information content (AvgIpc) is 2.77. The van der Waals surface area contributed by atoms with Gasteiger partial charge in [-0.15, -0.1) is 0 Å². The Kier molecular flexibility index (Phi) is 8.84. The number of nitro benzene ring substituents is 1. The van der Waals surface area contributed by atoms with E-state index in [4.69, 9.17) is 9.47 Å². The lowest BCUT2D eigenvalue weighted by atomic mass is 9.88. The van der Waals surface area contributed by atoms with Crippen LogP contribution in [0.25, 0.3) is 0 Å². The van der Waals surface area contributed by atoms with Crippen molar-refractivity contribution in [2.24, 2.45) is 0 Å². The zero-order valence-electron chi connectivity index (χ0n) is 17.6. The fraction of sp³-hybridized carbons (Fsp3) is 0.318. The zero-order chi connectivity index (χ0) is 23.7. The first-order valence-electron chi connectivity index (χ1n) is 9.79. The van der Waals surface area contributed by atoms with Gasteiger partial charge in [0.25, 0.3) is 11.6 Å². The van der Waals surface area contributed by atoms with E-state index in [1.807, 2.05) is 0 Å². The predicted octanol–water partition coefficient (Wildman–Crippen LogP) is 2.59. The summed E-state index contributed by atoms with van der Waals surface area (Å²) in [6.45, 7) is 1.70. The number of ether oxygens (including phenoxy) is 2. The van der Waals surface area contributed by atoms with Crippen LogP contribution in [-0.4, -0.2) is 47.6 Å². The third kappa shape index (κ3) is 6.35. The maximum Gasteiger partial charge on any atom is 0.326 e. The van der Waals surface area contributed by atoms with Crippen molar-refractivity contribution in [3.8, 4) is 0 Å². The van der Waals surface area contributed by atoms with Gasteiger partial charge in [-0.1, -0.05) is 42.5 Å². The number of amides is 1. The van der Waals surface area contributed by atoms with Crippen LogP contribution >= 0.6 is 0 Å². The molecule has 0 heterocycles. The number of nitrogens with one attached hydrogen (secondary N) is 1. The second-order valence-corrected chi connectivity index (χ2v) is 6.82. The minimum Gasteiger partial charge on any atom is -0.480 e. The van der Waals surface area contributed by atoms with Gasteiger partial charge in [0, 0.05) is 25.2 Å². The summed E-state index contributed by atoms with van der Waals surface area (Å²) >= 11 is 0. The Balaban J connectivity index is 2.37. The van der Waals surface area contributed by atoms with Crippen LogP contribution in [0.2, 0.25) is 0 Å². The van der Waals surface area contributed by atoms with E-state index in [-0.39, 0.29) is 18.7 Å². The monoisotopic (exact) mass is 444 g/mol. The number of hydrogen-bond acceptors (Lipinski definition) is 7. The summed E-state index contributed by atoms with van der Waals surface area (Å²) in [4.78, 5) is 47.5. The summed E-state index contributed by atoms with van der Waals surface area (Å²) in [7, 11) is 1.32. The minimum absolute atomic E-state index is 0.0929. The van der Waals surface area contributed by atoms with Crippen LogP contribution in [0.1, 0.15) is 36.5 Å². The van der Waals surface area contributed by atoms with E-state index in [2.05, 4.69) is 5.32 Å². The predicted molar refractivity (Wildman–Crippen MR) is 113 cm³/mol. The molecule has 2 aromatic carbocycles. The smallest absolute Gasteiger partial charge is 0.326 e. The van der Waals surface area contributed by atoms with E-state index < -0.39 is 40.8 Å². The largest absolute Gasteiger partial charge is 0.480 e. The van der Waals surface area contributed by atoms with Gasteiger partial charge in [-0.3, -0.25) is 19.7 Å². The fourth-order valence-corrected chi connectivity index (χ4v) is 3.26. The zero-order valence-corrected chi connectivity index (χ0v) is 17.6. The summed E-state index contributed by atoms with van der Waals surface area (Å²) in [5.74, 6) is -3.79. The number of carbonyl (C=O) groups is 3. The van der Waals surface area contributed by atoms with Crippen LogP contribution < -0.4 is 5.32 Å². The van der Waals surface area contributed by atoms with Crippen LogP contribution in [0.15, 0.2) is 54.6 Å². The van der Waals surface area contributed by atoms with Gasteiger partial charge in [-0.25, -0.2) is 4.79 Å². The molecule has 1 amide bonds. The first-order chi connectivity index (χ1) is 15.3. The molecule has 0 aliphatic carbocycles. The highest BCUT2D eigenvalue weighted by molar-refractivity contribution is 5.88. The van der Waals surface area contributed by atoms with Crippen molar-refractivity contribution >= 4 is 23.5 Å². The number of aliphatic carboxylic acids is 1. The lowest BCUT2D eigenvalue weighted by Gasteiger charge is -2.26. The highest BCUT2D eigenvalue weighted by Crippen LogP contribution is 2.28. The van der Waals surface area contributed by atoms with Gasteiger partial charge in [0.1, 0.15) is 6.04 Å². The Morgan fingerprint density at radius 1 is 1.06 bits per heavy atom. The molecule has 0 unspecified atom stereocenters. The number of esters is 1. The van der Waals surface area contributed by atoms with Crippen LogP contribution in [0.4, 0.5) is 5.69 Å². The quantitative estimate of drug-likeness (QED) is 0.306. The number of nitrogens with zero attached hydrogens (tertiary/aromatic N) is 1. The van der Waals surface area contributed by atoms with E-state index in [0.717, 1.165) is 0 Å². The molecule has 2 aromatic rings. The van der Waals surface area contributed by atoms with Gasteiger partial charge in [-0.05, 0) is 18.1 Å². The second-order valence-electron chi connectivity index (χ2n) is 6.82. The Hall–Kier alpha value is -3.79. The molecule has 0 aromatic heterocycles. The number of nitro groups is 1. The van der Waals surface area contributed by atoms with Crippen LogP contribution in [0.5, 0.6) is 0 Å². The van der Waals surface area contributed by atoms with Crippen LogP contribution in [0, 0.1) is 10.1 Å². The van der Waals surface area contributed by atoms with Crippen molar-refractivity contribution in [2.75, 3.05) is 13.7 Å².